The predicted molar refractivity (Wildman–Crippen MR) is 152 cm³/mol. The van der Waals surface area contributed by atoms with Crippen molar-refractivity contribution in [1.82, 2.24) is 25.2 Å². The molecule has 4 rings (SSSR count). The summed E-state index contributed by atoms with van der Waals surface area (Å²) in [5, 5.41) is 18.5. The minimum Gasteiger partial charge on any atom is -0.479 e. The fraction of sp³-hybridized carbons (Fsp3) is 0.857. The van der Waals surface area contributed by atoms with Crippen LogP contribution in [0, 0.1) is 11.3 Å². The van der Waals surface area contributed by atoms with Crippen LogP contribution in [0.4, 0.5) is 4.79 Å². The van der Waals surface area contributed by atoms with Crippen LogP contribution in [0.15, 0.2) is 0 Å². The number of sulfonamides is 1. The van der Waals surface area contributed by atoms with Crippen LogP contribution in [0.5, 0.6) is 0 Å². The molecule has 12 nitrogen and oxygen atoms in total. The number of carboxylic acid groups (broad SMARTS) is 1. The van der Waals surface area contributed by atoms with Crippen molar-refractivity contribution in [2.24, 2.45) is 11.3 Å². The largest absolute Gasteiger partial charge is 0.479 e. The number of rotatable bonds is 5. The summed E-state index contributed by atoms with van der Waals surface area (Å²) in [7, 11) is -3.34. The Morgan fingerprint density at radius 2 is 1.71 bits per heavy atom. The van der Waals surface area contributed by atoms with Crippen molar-refractivity contribution < 1.29 is 32.7 Å². The Labute approximate surface area is 243 Å². The van der Waals surface area contributed by atoms with Crippen LogP contribution in [-0.4, -0.2) is 95.6 Å². The molecule has 4 aliphatic rings. The maximum Gasteiger partial charge on any atom is 0.329 e. The van der Waals surface area contributed by atoms with Gasteiger partial charge in [0.15, 0.2) is 0 Å². The summed E-state index contributed by atoms with van der Waals surface area (Å²) in [4.78, 5) is 54.0. The lowest BCUT2D eigenvalue weighted by atomic mass is 9.86. The van der Waals surface area contributed by atoms with E-state index in [1.54, 1.807) is 0 Å². The SMILES string of the molecule is CC(C)(C)C(CN1CCCS1(=O)=O)NC(=O)N[C@H]1CCCCCCCC2C[C@@]2(C(=O)O)NC(=O)[C@@H]2CCCN2C1=O. The normalized spacial score (nSPS) is 32.1. The van der Waals surface area contributed by atoms with E-state index < -0.39 is 57.0 Å². The number of nitrogens with one attached hydrogen (secondary N) is 3. The summed E-state index contributed by atoms with van der Waals surface area (Å²) < 4.78 is 26.2. The highest BCUT2D eigenvalue weighted by Crippen LogP contribution is 2.47. The summed E-state index contributed by atoms with van der Waals surface area (Å²) in [6, 6.07) is -2.67. The van der Waals surface area contributed by atoms with Crippen LogP contribution in [0.1, 0.15) is 91.4 Å². The molecule has 4 amide bonds. The molecular weight excluding hydrogens is 550 g/mol. The molecule has 13 heteroatoms. The van der Waals surface area contributed by atoms with Gasteiger partial charge >= 0.3 is 12.0 Å². The average molecular weight is 598 g/mol. The van der Waals surface area contributed by atoms with Gasteiger partial charge in [0.25, 0.3) is 0 Å². The van der Waals surface area contributed by atoms with Gasteiger partial charge in [-0.25, -0.2) is 18.0 Å². The van der Waals surface area contributed by atoms with Crippen molar-refractivity contribution >= 4 is 33.8 Å². The smallest absolute Gasteiger partial charge is 0.329 e. The van der Waals surface area contributed by atoms with Crippen molar-refractivity contribution in [3.8, 4) is 0 Å². The molecule has 4 fully saturated rings. The molecular formula is C28H47N5O7S. The van der Waals surface area contributed by atoms with Gasteiger partial charge in [-0.2, -0.15) is 4.31 Å². The Balaban J connectivity index is 1.48. The predicted octanol–water partition coefficient (Wildman–Crippen LogP) is 1.80. The quantitative estimate of drug-likeness (QED) is 0.375. The zero-order chi connectivity index (χ0) is 30.0. The molecule has 3 heterocycles. The molecule has 1 aliphatic carbocycles. The van der Waals surface area contributed by atoms with Gasteiger partial charge in [-0.3, -0.25) is 9.59 Å². The van der Waals surface area contributed by atoms with E-state index in [1.807, 2.05) is 20.8 Å². The minimum atomic E-state index is -3.34. The molecule has 0 aromatic carbocycles. The number of urea groups is 1. The number of carbonyl (C=O) groups excluding carboxylic acids is 3. The van der Waals surface area contributed by atoms with Crippen LogP contribution < -0.4 is 16.0 Å². The van der Waals surface area contributed by atoms with Crippen LogP contribution in [0.3, 0.4) is 0 Å². The Morgan fingerprint density at radius 1 is 1.02 bits per heavy atom. The molecule has 0 aromatic rings. The zero-order valence-electron chi connectivity index (χ0n) is 24.6. The van der Waals surface area contributed by atoms with Gasteiger partial charge in [-0.1, -0.05) is 52.9 Å². The maximum absolute atomic E-state index is 13.8. The van der Waals surface area contributed by atoms with E-state index >= 15 is 0 Å². The highest BCUT2D eigenvalue weighted by atomic mass is 32.2. The molecule has 3 aliphatic heterocycles. The highest BCUT2D eigenvalue weighted by Gasteiger charge is 2.61. The molecule has 0 spiro atoms. The van der Waals surface area contributed by atoms with E-state index in [-0.39, 0.29) is 24.1 Å². The number of aliphatic carboxylic acids is 1. The standard InChI is InChI=1S/C28H47N5O7S/c1-27(2,3)22(18-32-14-10-16-41(32,39)40)30-26(38)29-20-12-8-6-4-5-7-11-19-17-28(19,25(36)37)31-23(34)21-13-9-15-33(21)24(20)35/h19-22H,4-18H2,1-3H3,(H,31,34)(H,36,37)(H2,29,30,38)/t19?,20-,21-,22?,28+/m0/s1. The molecule has 2 unspecified atom stereocenters. The van der Waals surface area contributed by atoms with E-state index in [9.17, 15) is 32.7 Å². The van der Waals surface area contributed by atoms with Crippen molar-refractivity contribution in [3.05, 3.63) is 0 Å². The van der Waals surface area contributed by atoms with Crippen molar-refractivity contribution in [1.29, 1.82) is 0 Å². The summed E-state index contributed by atoms with van der Waals surface area (Å²) in [5.41, 5.74) is -1.70. The number of carbonyl (C=O) groups is 4. The second-order valence-electron chi connectivity index (χ2n) is 13.3. The topological polar surface area (TPSA) is 165 Å². The fourth-order valence-electron chi connectivity index (χ4n) is 6.47. The Hall–Kier alpha value is -2.41. The molecule has 3 saturated heterocycles. The molecule has 1 saturated carbocycles. The lowest BCUT2D eigenvalue weighted by Crippen LogP contribution is -2.59. The van der Waals surface area contributed by atoms with E-state index in [0.29, 0.717) is 45.2 Å². The maximum atomic E-state index is 13.8. The first kappa shape index (κ1) is 31.5. The molecule has 232 valence electrons. The first-order chi connectivity index (χ1) is 19.2. The third-order valence-corrected chi connectivity index (χ3v) is 11.2. The summed E-state index contributed by atoms with van der Waals surface area (Å²) in [6.45, 7) is 6.71. The number of hydrogen-bond acceptors (Lipinski definition) is 6. The van der Waals surface area contributed by atoms with Gasteiger partial charge in [0.1, 0.15) is 17.6 Å². The van der Waals surface area contributed by atoms with Gasteiger partial charge in [0.05, 0.1) is 5.75 Å². The minimum absolute atomic E-state index is 0.0935. The second-order valence-corrected chi connectivity index (χ2v) is 15.4. The monoisotopic (exact) mass is 597 g/mol. The summed E-state index contributed by atoms with van der Waals surface area (Å²) in [6.07, 6.45) is 7.54. The average Bonchev–Trinajstić information content (AvgIpc) is 3.18. The molecule has 0 radical (unpaired) electrons. The Kier molecular flexibility index (Phi) is 9.57. The van der Waals surface area contributed by atoms with Gasteiger partial charge in [0.2, 0.25) is 21.8 Å². The van der Waals surface area contributed by atoms with Crippen LogP contribution >= 0.6 is 0 Å². The van der Waals surface area contributed by atoms with Crippen molar-refractivity contribution in [2.45, 2.75) is 115 Å². The lowest BCUT2D eigenvalue weighted by molar-refractivity contribution is -0.145. The van der Waals surface area contributed by atoms with Gasteiger partial charge in [-0.05, 0) is 49.9 Å². The van der Waals surface area contributed by atoms with Crippen LogP contribution in [0.25, 0.3) is 0 Å². The molecule has 41 heavy (non-hydrogen) atoms. The molecule has 4 N–H and O–H groups in total. The van der Waals surface area contributed by atoms with Crippen LogP contribution in [-0.2, 0) is 24.4 Å². The summed E-state index contributed by atoms with van der Waals surface area (Å²) >= 11 is 0. The first-order valence-corrected chi connectivity index (χ1v) is 16.8. The third-order valence-electron chi connectivity index (χ3n) is 9.26. The van der Waals surface area contributed by atoms with Crippen LogP contribution in [0.2, 0.25) is 0 Å². The van der Waals surface area contributed by atoms with E-state index in [4.69, 9.17) is 0 Å². The van der Waals surface area contributed by atoms with Gasteiger partial charge in [-0.15, -0.1) is 0 Å². The molecule has 5 atom stereocenters. The number of fused-ring (bicyclic) bond motifs is 2. The van der Waals surface area contributed by atoms with Crippen molar-refractivity contribution in [3.63, 3.8) is 0 Å². The first-order valence-electron chi connectivity index (χ1n) is 15.2. The van der Waals surface area contributed by atoms with Gasteiger partial charge in [0, 0.05) is 25.7 Å². The van der Waals surface area contributed by atoms with Gasteiger partial charge < -0.3 is 26.0 Å². The van der Waals surface area contributed by atoms with E-state index in [0.717, 1.165) is 38.5 Å². The Bertz CT molecular complexity index is 1120. The zero-order valence-corrected chi connectivity index (χ0v) is 25.4. The lowest BCUT2D eigenvalue weighted by Gasteiger charge is -2.35. The molecule has 0 bridgehead atoms. The number of nitrogens with zero attached hydrogens (tertiary/aromatic N) is 2. The number of carboxylic acids is 1. The number of amides is 4. The second kappa shape index (κ2) is 12.4. The van der Waals surface area contributed by atoms with E-state index in [2.05, 4.69) is 16.0 Å². The Morgan fingerprint density at radius 3 is 2.34 bits per heavy atom. The number of hydrogen-bond donors (Lipinski definition) is 4. The summed E-state index contributed by atoms with van der Waals surface area (Å²) in [5.74, 6) is -1.81. The van der Waals surface area contributed by atoms with E-state index in [1.165, 1.54) is 9.21 Å². The molecule has 0 aromatic heterocycles. The highest BCUT2D eigenvalue weighted by molar-refractivity contribution is 7.89. The third kappa shape index (κ3) is 7.33. The van der Waals surface area contributed by atoms with Crippen molar-refractivity contribution in [2.75, 3.05) is 25.4 Å². The fourth-order valence-corrected chi connectivity index (χ4v) is 8.01.